The average molecular weight is 434 g/mol. The van der Waals surface area contributed by atoms with Gasteiger partial charge in [0.2, 0.25) is 0 Å². The topological polar surface area (TPSA) is 58.6 Å². The zero-order valence-electron chi connectivity index (χ0n) is 17.7. The van der Waals surface area contributed by atoms with Crippen molar-refractivity contribution in [1.29, 1.82) is 0 Å². The van der Waals surface area contributed by atoms with Crippen LogP contribution in [0, 0.1) is 25.5 Å². The first kappa shape index (κ1) is 21.2. The summed E-state index contributed by atoms with van der Waals surface area (Å²) >= 11 is 0. The minimum absolute atomic E-state index is 0.0531. The molecule has 0 unspecified atom stereocenters. The van der Waals surface area contributed by atoms with Crippen LogP contribution in [-0.2, 0) is 9.59 Å². The number of anilines is 2. The molecule has 0 aromatic heterocycles. The van der Waals surface area contributed by atoms with Crippen LogP contribution >= 0.6 is 0 Å². The van der Waals surface area contributed by atoms with Crippen molar-refractivity contribution in [1.82, 2.24) is 0 Å². The molecule has 0 spiro atoms. The van der Waals surface area contributed by atoms with E-state index in [2.05, 4.69) is 5.32 Å². The Bertz CT molecular complexity index is 1270. The second kappa shape index (κ2) is 8.26. The second-order valence-corrected chi connectivity index (χ2v) is 7.40. The highest BCUT2D eigenvalue weighted by molar-refractivity contribution is 6.46. The van der Waals surface area contributed by atoms with Crippen molar-refractivity contribution < 1.29 is 23.1 Å². The van der Waals surface area contributed by atoms with E-state index in [0.717, 1.165) is 28.2 Å². The van der Waals surface area contributed by atoms with E-state index in [9.17, 15) is 18.4 Å². The van der Waals surface area contributed by atoms with Gasteiger partial charge in [0.05, 0.1) is 18.4 Å². The fraction of sp³-hybridized carbons (Fsp3) is 0.120. The van der Waals surface area contributed by atoms with E-state index < -0.39 is 23.4 Å². The number of imide groups is 1. The van der Waals surface area contributed by atoms with Crippen LogP contribution in [0.25, 0.3) is 5.57 Å². The third kappa shape index (κ3) is 3.62. The van der Waals surface area contributed by atoms with Crippen molar-refractivity contribution in [2.75, 3.05) is 17.3 Å². The van der Waals surface area contributed by atoms with Gasteiger partial charge in [0.1, 0.15) is 11.4 Å². The van der Waals surface area contributed by atoms with E-state index in [1.165, 1.54) is 13.2 Å². The fourth-order valence-corrected chi connectivity index (χ4v) is 3.55. The number of benzene rings is 3. The number of amides is 2. The third-order valence-corrected chi connectivity index (χ3v) is 5.49. The normalized spacial score (nSPS) is 13.7. The molecule has 0 aliphatic carbocycles. The molecule has 162 valence electrons. The van der Waals surface area contributed by atoms with Crippen molar-refractivity contribution in [3.63, 3.8) is 0 Å². The molecule has 1 heterocycles. The Hall–Kier alpha value is -4.00. The first-order valence-electron chi connectivity index (χ1n) is 9.87. The van der Waals surface area contributed by atoms with Gasteiger partial charge in [-0.15, -0.1) is 0 Å². The van der Waals surface area contributed by atoms with Gasteiger partial charge in [0.15, 0.2) is 11.6 Å². The Labute approximate surface area is 183 Å². The van der Waals surface area contributed by atoms with Crippen LogP contribution < -0.4 is 15.0 Å². The van der Waals surface area contributed by atoms with E-state index in [0.29, 0.717) is 17.0 Å². The number of carbonyl (C=O) groups excluding carboxylic acids is 2. The molecule has 4 rings (SSSR count). The minimum Gasteiger partial charge on any atom is -0.497 e. The molecule has 1 N–H and O–H groups in total. The van der Waals surface area contributed by atoms with Gasteiger partial charge in [0.25, 0.3) is 11.8 Å². The van der Waals surface area contributed by atoms with Crippen molar-refractivity contribution in [2.45, 2.75) is 13.8 Å². The smallest absolute Gasteiger partial charge is 0.282 e. The predicted molar refractivity (Wildman–Crippen MR) is 118 cm³/mol. The Morgan fingerprint density at radius 3 is 2.25 bits per heavy atom. The SMILES string of the molecule is COc1ccc(C2=C(Nc3cccc(C)c3C)C(=O)N(c3ccc(F)c(F)c3)C2=O)cc1. The number of nitrogens with zero attached hydrogens (tertiary/aromatic N) is 1. The van der Waals surface area contributed by atoms with Crippen LogP contribution in [0.4, 0.5) is 20.2 Å². The van der Waals surface area contributed by atoms with Crippen molar-refractivity contribution >= 4 is 28.8 Å². The summed E-state index contributed by atoms with van der Waals surface area (Å²) in [6, 6.07) is 15.2. The van der Waals surface area contributed by atoms with Crippen molar-refractivity contribution in [2.24, 2.45) is 0 Å². The zero-order chi connectivity index (χ0) is 23.0. The highest BCUT2D eigenvalue weighted by Gasteiger charge is 2.40. The van der Waals surface area contributed by atoms with E-state index in [-0.39, 0.29) is 17.0 Å². The van der Waals surface area contributed by atoms with E-state index in [1.807, 2.05) is 26.0 Å². The van der Waals surface area contributed by atoms with Crippen LogP contribution in [-0.4, -0.2) is 18.9 Å². The lowest BCUT2D eigenvalue weighted by molar-refractivity contribution is -0.120. The van der Waals surface area contributed by atoms with Crippen molar-refractivity contribution in [3.8, 4) is 5.75 Å². The summed E-state index contributed by atoms with van der Waals surface area (Å²) in [5, 5.41) is 3.10. The summed E-state index contributed by atoms with van der Waals surface area (Å²) in [5.41, 5.74) is 3.21. The first-order chi connectivity index (χ1) is 15.3. The number of halogens is 2. The molecule has 0 saturated carbocycles. The molecular formula is C25H20F2N2O3. The number of hydrogen-bond donors (Lipinski definition) is 1. The molecule has 5 nitrogen and oxygen atoms in total. The molecule has 3 aromatic rings. The monoisotopic (exact) mass is 434 g/mol. The Morgan fingerprint density at radius 2 is 1.59 bits per heavy atom. The van der Waals surface area contributed by atoms with Crippen LogP contribution in [0.5, 0.6) is 5.75 Å². The average Bonchev–Trinajstić information content (AvgIpc) is 3.03. The van der Waals surface area contributed by atoms with Gasteiger partial charge in [-0.2, -0.15) is 0 Å². The molecule has 0 radical (unpaired) electrons. The number of carbonyl (C=O) groups is 2. The van der Waals surface area contributed by atoms with Crippen LogP contribution in [0.3, 0.4) is 0 Å². The minimum atomic E-state index is -1.15. The highest BCUT2D eigenvalue weighted by Crippen LogP contribution is 2.35. The quantitative estimate of drug-likeness (QED) is 0.575. The van der Waals surface area contributed by atoms with E-state index in [1.54, 1.807) is 30.3 Å². The van der Waals surface area contributed by atoms with Crippen molar-refractivity contribution in [3.05, 3.63) is 94.7 Å². The highest BCUT2D eigenvalue weighted by atomic mass is 19.2. The number of nitrogens with one attached hydrogen (secondary N) is 1. The van der Waals surface area contributed by atoms with E-state index in [4.69, 9.17) is 4.74 Å². The molecule has 1 aliphatic heterocycles. The Morgan fingerprint density at radius 1 is 0.875 bits per heavy atom. The van der Waals surface area contributed by atoms with Crippen LogP contribution in [0.1, 0.15) is 16.7 Å². The summed E-state index contributed by atoms with van der Waals surface area (Å²) in [6.45, 7) is 3.84. The lowest BCUT2D eigenvalue weighted by atomic mass is 10.0. The molecule has 0 atom stereocenters. The number of rotatable bonds is 5. The van der Waals surface area contributed by atoms with Gasteiger partial charge in [-0.1, -0.05) is 24.3 Å². The summed E-state index contributed by atoms with van der Waals surface area (Å²) < 4.78 is 32.5. The summed E-state index contributed by atoms with van der Waals surface area (Å²) in [6.07, 6.45) is 0. The maximum Gasteiger partial charge on any atom is 0.282 e. The van der Waals surface area contributed by atoms with Gasteiger partial charge >= 0.3 is 0 Å². The van der Waals surface area contributed by atoms with Gasteiger partial charge in [-0.3, -0.25) is 9.59 Å². The van der Waals surface area contributed by atoms with Crippen LogP contribution in [0.15, 0.2) is 66.4 Å². The summed E-state index contributed by atoms with van der Waals surface area (Å²) in [7, 11) is 1.52. The number of aryl methyl sites for hydroxylation is 1. The molecule has 1 aliphatic rings. The summed E-state index contributed by atoms with van der Waals surface area (Å²) in [5.74, 6) is -2.92. The van der Waals surface area contributed by atoms with E-state index >= 15 is 0 Å². The number of methoxy groups -OCH3 is 1. The molecule has 0 saturated heterocycles. The lowest BCUT2D eigenvalue weighted by Gasteiger charge is -2.16. The first-order valence-corrected chi connectivity index (χ1v) is 9.87. The van der Waals surface area contributed by atoms with Gasteiger partial charge in [-0.05, 0) is 60.9 Å². The third-order valence-electron chi connectivity index (χ3n) is 5.49. The van der Waals surface area contributed by atoms with Gasteiger partial charge in [-0.25, -0.2) is 13.7 Å². The standard InChI is InChI=1S/C25H20F2N2O3/c1-14-5-4-6-21(15(14)2)28-23-22(16-7-10-18(32-3)11-8-16)24(30)29(25(23)31)17-9-12-19(26)20(27)13-17/h4-13,28H,1-3H3. The van der Waals surface area contributed by atoms with Gasteiger partial charge in [0, 0.05) is 11.8 Å². The molecule has 7 heteroatoms. The summed E-state index contributed by atoms with van der Waals surface area (Å²) in [4.78, 5) is 27.6. The molecule has 0 bridgehead atoms. The zero-order valence-corrected chi connectivity index (χ0v) is 17.7. The maximum atomic E-state index is 13.9. The number of ether oxygens (including phenoxy) is 1. The molecular weight excluding hydrogens is 414 g/mol. The number of hydrogen-bond acceptors (Lipinski definition) is 4. The second-order valence-electron chi connectivity index (χ2n) is 7.40. The molecule has 0 fully saturated rings. The Balaban J connectivity index is 1.85. The molecule has 3 aromatic carbocycles. The molecule has 2 amide bonds. The van der Waals surface area contributed by atoms with Gasteiger partial charge < -0.3 is 10.1 Å². The maximum absolute atomic E-state index is 13.9. The predicted octanol–water partition coefficient (Wildman–Crippen LogP) is 4.99. The Kier molecular flexibility index (Phi) is 5.48. The largest absolute Gasteiger partial charge is 0.497 e. The fourth-order valence-electron chi connectivity index (χ4n) is 3.55. The lowest BCUT2D eigenvalue weighted by Crippen LogP contribution is -2.32. The van der Waals surface area contributed by atoms with Crippen LogP contribution in [0.2, 0.25) is 0 Å². The molecule has 32 heavy (non-hydrogen) atoms.